The predicted octanol–water partition coefficient (Wildman–Crippen LogP) is 2.94. The lowest BCUT2D eigenvalue weighted by Crippen LogP contribution is -2.30. The van der Waals surface area contributed by atoms with E-state index in [0.29, 0.717) is 6.61 Å². The standard InChI is InChI=1S/C15H23NO3/c1-4-16(5-2)13(11-15(17)18)12-9-7-8-10-14(12)19-6-3/h7-10,13H,4-6,11H2,1-3H3,(H,17,18). The van der Waals surface area contributed by atoms with Crippen LogP contribution < -0.4 is 4.74 Å². The zero-order valence-corrected chi connectivity index (χ0v) is 11.9. The molecule has 0 saturated heterocycles. The number of rotatable bonds is 8. The topological polar surface area (TPSA) is 49.8 Å². The molecule has 106 valence electrons. The molecule has 4 heteroatoms. The molecule has 1 N–H and O–H groups in total. The van der Waals surface area contributed by atoms with Crippen LogP contribution in [0.3, 0.4) is 0 Å². The Morgan fingerprint density at radius 3 is 2.42 bits per heavy atom. The molecule has 0 radical (unpaired) electrons. The Hall–Kier alpha value is -1.55. The van der Waals surface area contributed by atoms with Crippen LogP contribution in [0.25, 0.3) is 0 Å². The van der Waals surface area contributed by atoms with Crippen LogP contribution in [0.15, 0.2) is 24.3 Å². The van der Waals surface area contributed by atoms with Crippen LogP contribution in [0.1, 0.15) is 38.8 Å². The van der Waals surface area contributed by atoms with Gasteiger partial charge in [-0.25, -0.2) is 0 Å². The van der Waals surface area contributed by atoms with Gasteiger partial charge in [-0.05, 0) is 26.1 Å². The van der Waals surface area contributed by atoms with Crippen LogP contribution in [0.5, 0.6) is 5.75 Å². The fourth-order valence-corrected chi connectivity index (χ4v) is 2.31. The second-order valence-corrected chi connectivity index (χ2v) is 4.31. The molecule has 0 aliphatic rings. The van der Waals surface area contributed by atoms with Gasteiger partial charge in [-0.1, -0.05) is 32.0 Å². The summed E-state index contributed by atoms with van der Waals surface area (Å²) >= 11 is 0. The Labute approximate surface area is 115 Å². The van der Waals surface area contributed by atoms with E-state index in [1.165, 1.54) is 0 Å². The summed E-state index contributed by atoms with van der Waals surface area (Å²) in [5.74, 6) is -0.00801. The van der Waals surface area contributed by atoms with Crippen molar-refractivity contribution in [3.8, 4) is 5.75 Å². The van der Waals surface area contributed by atoms with Gasteiger partial charge in [-0.15, -0.1) is 0 Å². The van der Waals surface area contributed by atoms with Gasteiger partial charge >= 0.3 is 5.97 Å². The monoisotopic (exact) mass is 265 g/mol. The van der Waals surface area contributed by atoms with E-state index in [1.807, 2.05) is 45.0 Å². The molecule has 1 aromatic rings. The molecule has 0 saturated carbocycles. The van der Waals surface area contributed by atoms with Gasteiger partial charge in [0.2, 0.25) is 0 Å². The Morgan fingerprint density at radius 1 is 1.26 bits per heavy atom. The molecule has 0 fully saturated rings. The van der Waals surface area contributed by atoms with Crippen LogP contribution in [0.4, 0.5) is 0 Å². The van der Waals surface area contributed by atoms with E-state index in [2.05, 4.69) is 4.90 Å². The number of benzene rings is 1. The molecule has 1 unspecified atom stereocenters. The van der Waals surface area contributed by atoms with Gasteiger partial charge in [-0.2, -0.15) is 0 Å². The second kappa shape index (κ2) is 7.79. The minimum atomic E-state index is -0.789. The number of carbonyl (C=O) groups is 1. The summed E-state index contributed by atoms with van der Waals surface area (Å²) in [5, 5.41) is 9.14. The summed E-state index contributed by atoms with van der Waals surface area (Å²) in [6.45, 7) is 8.22. The Kier molecular flexibility index (Phi) is 6.36. The third kappa shape index (κ3) is 4.24. The number of para-hydroxylation sites is 1. The van der Waals surface area contributed by atoms with Gasteiger partial charge in [-0.3, -0.25) is 9.69 Å². The van der Waals surface area contributed by atoms with E-state index in [4.69, 9.17) is 9.84 Å². The summed E-state index contributed by atoms with van der Waals surface area (Å²) in [4.78, 5) is 13.3. The predicted molar refractivity (Wildman–Crippen MR) is 75.5 cm³/mol. The third-order valence-electron chi connectivity index (χ3n) is 3.20. The van der Waals surface area contributed by atoms with E-state index in [0.717, 1.165) is 24.4 Å². The van der Waals surface area contributed by atoms with Crippen molar-refractivity contribution >= 4 is 5.97 Å². The molecule has 0 aliphatic heterocycles. The molecule has 0 amide bonds. The number of hydrogen-bond donors (Lipinski definition) is 1. The zero-order valence-electron chi connectivity index (χ0n) is 11.9. The largest absolute Gasteiger partial charge is 0.494 e. The lowest BCUT2D eigenvalue weighted by atomic mass is 10.0. The first-order valence-electron chi connectivity index (χ1n) is 6.81. The molecule has 0 spiro atoms. The fraction of sp³-hybridized carbons (Fsp3) is 0.533. The highest BCUT2D eigenvalue weighted by molar-refractivity contribution is 5.68. The van der Waals surface area contributed by atoms with Crippen molar-refractivity contribution in [2.24, 2.45) is 0 Å². The quantitative estimate of drug-likeness (QED) is 0.785. The van der Waals surface area contributed by atoms with Crippen molar-refractivity contribution in [3.05, 3.63) is 29.8 Å². The minimum absolute atomic E-state index is 0.0891. The number of carboxylic acid groups (broad SMARTS) is 1. The van der Waals surface area contributed by atoms with Crippen molar-refractivity contribution in [3.63, 3.8) is 0 Å². The molecule has 0 heterocycles. The van der Waals surface area contributed by atoms with Crippen LogP contribution >= 0.6 is 0 Å². The maximum Gasteiger partial charge on any atom is 0.305 e. The highest BCUT2D eigenvalue weighted by Crippen LogP contribution is 2.31. The molecular weight excluding hydrogens is 242 g/mol. The van der Waals surface area contributed by atoms with Crippen molar-refractivity contribution < 1.29 is 14.6 Å². The molecule has 4 nitrogen and oxygen atoms in total. The summed E-state index contributed by atoms with van der Waals surface area (Å²) in [6.07, 6.45) is 0.0891. The fourth-order valence-electron chi connectivity index (χ4n) is 2.31. The first kappa shape index (κ1) is 15.5. The number of carboxylic acids is 1. The number of nitrogens with zero attached hydrogens (tertiary/aromatic N) is 1. The van der Waals surface area contributed by atoms with E-state index in [9.17, 15) is 4.79 Å². The van der Waals surface area contributed by atoms with Crippen LogP contribution in [0.2, 0.25) is 0 Å². The van der Waals surface area contributed by atoms with E-state index < -0.39 is 5.97 Å². The van der Waals surface area contributed by atoms with Gasteiger partial charge in [0.15, 0.2) is 0 Å². The molecule has 19 heavy (non-hydrogen) atoms. The lowest BCUT2D eigenvalue weighted by molar-refractivity contribution is -0.138. The van der Waals surface area contributed by atoms with E-state index >= 15 is 0 Å². The maximum absolute atomic E-state index is 11.1. The van der Waals surface area contributed by atoms with Crippen LogP contribution in [-0.2, 0) is 4.79 Å². The number of hydrogen-bond acceptors (Lipinski definition) is 3. The van der Waals surface area contributed by atoms with Crippen molar-refractivity contribution in [2.45, 2.75) is 33.2 Å². The first-order valence-corrected chi connectivity index (χ1v) is 6.81. The van der Waals surface area contributed by atoms with Crippen LogP contribution in [-0.4, -0.2) is 35.7 Å². The van der Waals surface area contributed by atoms with E-state index in [-0.39, 0.29) is 12.5 Å². The lowest BCUT2D eigenvalue weighted by Gasteiger charge is -2.30. The molecule has 1 atom stereocenters. The Morgan fingerprint density at radius 2 is 1.89 bits per heavy atom. The zero-order chi connectivity index (χ0) is 14.3. The van der Waals surface area contributed by atoms with Gasteiger partial charge in [0.05, 0.1) is 13.0 Å². The molecule has 1 rings (SSSR count). The Balaban J connectivity index is 3.11. The van der Waals surface area contributed by atoms with Gasteiger partial charge < -0.3 is 9.84 Å². The summed E-state index contributed by atoms with van der Waals surface area (Å²) < 4.78 is 5.62. The van der Waals surface area contributed by atoms with Crippen molar-refractivity contribution in [2.75, 3.05) is 19.7 Å². The molecule has 1 aromatic carbocycles. The summed E-state index contributed by atoms with van der Waals surface area (Å²) in [5.41, 5.74) is 0.954. The molecule has 0 bridgehead atoms. The van der Waals surface area contributed by atoms with Gasteiger partial charge in [0.25, 0.3) is 0 Å². The van der Waals surface area contributed by atoms with E-state index in [1.54, 1.807) is 0 Å². The summed E-state index contributed by atoms with van der Waals surface area (Å²) in [6, 6.07) is 7.55. The highest BCUT2D eigenvalue weighted by Gasteiger charge is 2.23. The average Bonchev–Trinajstić information content (AvgIpc) is 2.39. The molecule has 0 aromatic heterocycles. The summed E-state index contributed by atoms with van der Waals surface area (Å²) in [7, 11) is 0. The molecule has 0 aliphatic carbocycles. The van der Waals surface area contributed by atoms with Crippen molar-refractivity contribution in [1.82, 2.24) is 4.90 Å². The third-order valence-corrected chi connectivity index (χ3v) is 3.20. The Bertz CT molecular complexity index is 402. The minimum Gasteiger partial charge on any atom is -0.494 e. The highest BCUT2D eigenvalue weighted by atomic mass is 16.5. The van der Waals surface area contributed by atoms with Gasteiger partial charge in [0.1, 0.15) is 5.75 Å². The number of aliphatic carboxylic acids is 1. The smallest absolute Gasteiger partial charge is 0.305 e. The SMILES string of the molecule is CCOc1ccccc1C(CC(=O)O)N(CC)CC. The second-order valence-electron chi connectivity index (χ2n) is 4.31. The average molecular weight is 265 g/mol. The number of ether oxygens (including phenoxy) is 1. The maximum atomic E-state index is 11.1. The van der Waals surface area contributed by atoms with Gasteiger partial charge in [0, 0.05) is 11.6 Å². The molecular formula is C15H23NO3. The van der Waals surface area contributed by atoms with Crippen molar-refractivity contribution in [1.29, 1.82) is 0 Å². The first-order chi connectivity index (χ1) is 9.13. The normalized spacial score (nSPS) is 12.4. The van der Waals surface area contributed by atoms with Crippen LogP contribution in [0, 0.1) is 0 Å².